The van der Waals surface area contributed by atoms with Gasteiger partial charge in [0.15, 0.2) is 0 Å². The first-order valence-corrected chi connectivity index (χ1v) is 5.87. The van der Waals surface area contributed by atoms with Crippen molar-refractivity contribution in [2.45, 2.75) is 13.8 Å². The SMILES string of the molecule is COC(=O)/C(=C\c1ccc(NC(C)=O)cc1)NC(C)=O. The molecule has 2 N–H and O–H groups in total. The van der Waals surface area contributed by atoms with Crippen LogP contribution in [0.4, 0.5) is 5.69 Å². The van der Waals surface area contributed by atoms with E-state index in [1.54, 1.807) is 24.3 Å². The molecule has 20 heavy (non-hydrogen) atoms. The van der Waals surface area contributed by atoms with Crippen molar-refractivity contribution in [3.05, 3.63) is 35.5 Å². The zero-order valence-corrected chi connectivity index (χ0v) is 11.5. The van der Waals surface area contributed by atoms with Crippen LogP contribution in [0.15, 0.2) is 30.0 Å². The third-order valence-electron chi connectivity index (χ3n) is 2.26. The molecular weight excluding hydrogens is 260 g/mol. The highest BCUT2D eigenvalue weighted by Gasteiger charge is 2.10. The Morgan fingerprint density at radius 3 is 2.10 bits per heavy atom. The smallest absolute Gasteiger partial charge is 0.354 e. The Labute approximate surface area is 116 Å². The third-order valence-corrected chi connectivity index (χ3v) is 2.26. The molecule has 0 atom stereocenters. The Balaban J connectivity index is 2.95. The molecule has 0 aliphatic heterocycles. The number of esters is 1. The van der Waals surface area contributed by atoms with Gasteiger partial charge in [0, 0.05) is 19.5 Å². The van der Waals surface area contributed by atoms with Crippen molar-refractivity contribution < 1.29 is 19.1 Å². The molecule has 0 spiro atoms. The number of nitrogens with one attached hydrogen (secondary N) is 2. The summed E-state index contributed by atoms with van der Waals surface area (Å²) in [6, 6.07) is 6.79. The second kappa shape index (κ2) is 7.08. The maximum absolute atomic E-state index is 11.5. The number of methoxy groups -OCH3 is 1. The standard InChI is InChI=1S/C14H16N2O4/c1-9(17)15-12-6-4-11(5-7-12)8-13(14(19)20-3)16-10(2)18/h4-8H,1-3H3,(H,15,17)(H,16,18)/b13-8+. The van der Waals surface area contributed by atoms with Crippen LogP contribution in [0.3, 0.4) is 0 Å². The van der Waals surface area contributed by atoms with Crippen LogP contribution in [0, 0.1) is 0 Å². The van der Waals surface area contributed by atoms with Gasteiger partial charge in [0.25, 0.3) is 0 Å². The Kier molecular flexibility index (Phi) is 5.46. The Morgan fingerprint density at radius 2 is 1.65 bits per heavy atom. The Morgan fingerprint density at radius 1 is 1.05 bits per heavy atom. The molecule has 0 saturated heterocycles. The zero-order valence-electron chi connectivity index (χ0n) is 11.5. The van der Waals surface area contributed by atoms with Gasteiger partial charge in [-0.1, -0.05) is 12.1 Å². The molecule has 2 amide bonds. The molecule has 6 nitrogen and oxygen atoms in total. The average molecular weight is 276 g/mol. The molecule has 1 rings (SSSR count). The van der Waals surface area contributed by atoms with Gasteiger partial charge in [-0.3, -0.25) is 9.59 Å². The van der Waals surface area contributed by atoms with Crippen LogP contribution in [-0.2, 0) is 19.1 Å². The highest BCUT2D eigenvalue weighted by atomic mass is 16.5. The number of carbonyl (C=O) groups is 3. The number of amides is 2. The van der Waals surface area contributed by atoms with Crippen molar-refractivity contribution in [2.24, 2.45) is 0 Å². The van der Waals surface area contributed by atoms with Crippen molar-refractivity contribution in [1.29, 1.82) is 0 Å². The lowest BCUT2D eigenvalue weighted by Gasteiger charge is -2.06. The van der Waals surface area contributed by atoms with Crippen LogP contribution >= 0.6 is 0 Å². The van der Waals surface area contributed by atoms with Gasteiger partial charge in [-0.15, -0.1) is 0 Å². The fourth-order valence-corrected chi connectivity index (χ4v) is 1.48. The van der Waals surface area contributed by atoms with E-state index in [0.717, 1.165) is 0 Å². The highest BCUT2D eigenvalue weighted by Crippen LogP contribution is 2.12. The molecule has 0 aromatic heterocycles. The molecule has 106 valence electrons. The summed E-state index contributed by atoms with van der Waals surface area (Å²) in [5.74, 6) is -1.16. The number of hydrogen-bond donors (Lipinski definition) is 2. The molecule has 0 radical (unpaired) electrons. The van der Waals surface area contributed by atoms with Crippen LogP contribution in [0.25, 0.3) is 6.08 Å². The summed E-state index contributed by atoms with van der Waals surface area (Å²) in [6.45, 7) is 2.72. The number of rotatable bonds is 4. The summed E-state index contributed by atoms with van der Waals surface area (Å²) < 4.78 is 4.58. The maximum atomic E-state index is 11.5. The minimum atomic E-state index is -0.633. The van der Waals surface area contributed by atoms with Crippen molar-refractivity contribution in [3.63, 3.8) is 0 Å². The number of anilines is 1. The quantitative estimate of drug-likeness (QED) is 0.641. The average Bonchev–Trinajstić information content (AvgIpc) is 2.38. The first kappa shape index (κ1) is 15.4. The van der Waals surface area contributed by atoms with E-state index >= 15 is 0 Å². The summed E-state index contributed by atoms with van der Waals surface area (Å²) in [5.41, 5.74) is 1.38. The van der Waals surface area contributed by atoms with Gasteiger partial charge in [0.05, 0.1) is 7.11 Å². The molecule has 0 bridgehead atoms. The summed E-state index contributed by atoms with van der Waals surface area (Å²) in [5, 5.41) is 5.03. The fourth-order valence-electron chi connectivity index (χ4n) is 1.48. The van der Waals surface area contributed by atoms with E-state index in [1.807, 2.05) is 0 Å². The Bertz CT molecular complexity index is 547. The highest BCUT2D eigenvalue weighted by molar-refractivity contribution is 5.97. The van der Waals surface area contributed by atoms with Crippen LogP contribution in [0.1, 0.15) is 19.4 Å². The van der Waals surface area contributed by atoms with Crippen molar-refractivity contribution >= 4 is 29.5 Å². The topological polar surface area (TPSA) is 84.5 Å². The minimum Gasteiger partial charge on any atom is -0.464 e. The third kappa shape index (κ3) is 4.93. The predicted molar refractivity (Wildman–Crippen MR) is 74.6 cm³/mol. The first-order chi connectivity index (χ1) is 9.42. The first-order valence-electron chi connectivity index (χ1n) is 5.87. The molecule has 0 saturated carbocycles. The molecule has 1 aromatic carbocycles. The number of hydrogen-bond acceptors (Lipinski definition) is 4. The van der Waals surface area contributed by atoms with E-state index in [4.69, 9.17) is 0 Å². The molecule has 0 fully saturated rings. The Hall–Kier alpha value is -2.63. The van der Waals surface area contributed by atoms with Crippen molar-refractivity contribution in [3.8, 4) is 0 Å². The van der Waals surface area contributed by atoms with Gasteiger partial charge in [0.1, 0.15) is 5.70 Å². The van der Waals surface area contributed by atoms with Crippen molar-refractivity contribution in [1.82, 2.24) is 5.32 Å². The van der Waals surface area contributed by atoms with E-state index in [2.05, 4.69) is 15.4 Å². The van der Waals surface area contributed by atoms with Gasteiger partial charge in [-0.25, -0.2) is 4.79 Å². The maximum Gasteiger partial charge on any atom is 0.354 e. The van der Waals surface area contributed by atoms with Crippen LogP contribution < -0.4 is 10.6 Å². The second-order valence-electron chi connectivity index (χ2n) is 4.03. The lowest BCUT2D eigenvalue weighted by Crippen LogP contribution is -2.25. The molecule has 6 heteroatoms. The molecular formula is C14H16N2O4. The lowest BCUT2D eigenvalue weighted by atomic mass is 10.1. The molecule has 0 aliphatic carbocycles. The van der Waals surface area contributed by atoms with Gasteiger partial charge in [0.2, 0.25) is 11.8 Å². The predicted octanol–water partition coefficient (Wildman–Crippen LogP) is 1.29. The number of ether oxygens (including phenoxy) is 1. The molecule has 0 aliphatic rings. The van der Waals surface area contributed by atoms with E-state index in [9.17, 15) is 14.4 Å². The molecule has 1 aromatic rings. The van der Waals surface area contributed by atoms with E-state index in [-0.39, 0.29) is 17.5 Å². The minimum absolute atomic E-state index is 0.0484. The monoisotopic (exact) mass is 276 g/mol. The van der Waals surface area contributed by atoms with Gasteiger partial charge in [-0.2, -0.15) is 0 Å². The molecule has 0 unspecified atom stereocenters. The van der Waals surface area contributed by atoms with E-state index in [1.165, 1.54) is 27.0 Å². The second-order valence-corrected chi connectivity index (χ2v) is 4.03. The lowest BCUT2D eigenvalue weighted by molar-refractivity contribution is -0.137. The van der Waals surface area contributed by atoms with Gasteiger partial charge >= 0.3 is 5.97 Å². The van der Waals surface area contributed by atoms with Gasteiger partial charge < -0.3 is 15.4 Å². The number of benzene rings is 1. The van der Waals surface area contributed by atoms with E-state index in [0.29, 0.717) is 11.3 Å². The van der Waals surface area contributed by atoms with Crippen LogP contribution in [0.2, 0.25) is 0 Å². The zero-order chi connectivity index (χ0) is 15.1. The number of carbonyl (C=O) groups excluding carboxylic acids is 3. The van der Waals surface area contributed by atoms with Crippen LogP contribution in [-0.4, -0.2) is 24.9 Å². The summed E-state index contributed by atoms with van der Waals surface area (Å²) in [4.78, 5) is 33.4. The fraction of sp³-hybridized carbons (Fsp3) is 0.214. The summed E-state index contributed by atoms with van der Waals surface area (Å²) in [7, 11) is 1.23. The summed E-state index contributed by atoms with van der Waals surface area (Å²) in [6.07, 6.45) is 1.49. The van der Waals surface area contributed by atoms with Crippen molar-refractivity contribution in [2.75, 3.05) is 12.4 Å². The van der Waals surface area contributed by atoms with E-state index < -0.39 is 5.97 Å². The normalized spacial score (nSPS) is 10.7. The molecule has 0 heterocycles. The van der Waals surface area contributed by atoms with Crippen LogP contribution in [0.5, 0.6) is 0 Å². The van der Waals surface area contributed by atoms with Gasteiger partial charge in [-0.05, 0) is 23.8 Å². The largest absolute Gasteiger partial charge is 0.464 e. The summed E-state index contributed by atoms with van der Waals surface area (Å²) >= 11 is 0.